The molecule has 1 N–H and O–H groups in total. The number of carboxylic acids is 1. The average Bonchev–Trinajstić information content (AvgIpc) is 2.57. The Morgan fingerprint density at radius 1 is 1.65 bits per heavy atom. The van der Waals surface area contributed by atoms with Crippen LogP contribution in [0.3, 0.4) is 0 Å². The van der Waals surface area contributed by atoms with Crippen molar-refractivity contribution >= 4 is 17.7 Å². The standard InChI is InChI=1S/C11H18N2O3S/c1-8(2)16-5-4-13-9(3)6-12-11(13)17-7-10(14)15/h6,8H,4-5,7H2,1-3H3,(H,14,15). The number of aromatic nitrogens is 2. The van der Waals surface area contributed by atoms with Crippen molar-refractivity contribution in [3.05, 3.63) is 11.9 Å². The van der Waals surface area contributed by atoms with Crippen LogP contribution in [0.15, 0.2) is 11.4 Å². The molecule has 0 aliphatic carbocycles. The Kier molecular flexibility index (Phi) is 5.50. The van der Waals surface area contributed by atoms with Crippen LogP contribution >= 0.6 is 11.8 Å². The molecule has 0 saturated heterocycles. The van der Waals surface area contributed by atoms with Gasteiger partial charge in [0.2, 0.25) is 0 Å². The first kappa shape index (κ1) is 14.1. The number of rotatable bonds is 7. The van der Waals surface area contributed by atoms with Crippen LogP contribution in [0.5, 0.6) is 0 Å². The van der Waals surface area contributed by atoms with Crippen LogP contribution in [0.1, 0.15) is 19.5 Å². The van der Waals surface area contributed by atoms with E-state index in [-0.39, 0.29) is 11.9 Å². The Morgan fingerprint density at radius 3 is 2.94 bits per heavy atom. The third-order valence-corrected chi connectivity index (χ3v) is 3.08. The van der Waals surface area contributed by atoms with Gasteiger partial charge in [-0.1, -0.05) is 11.8 Å². The number of imidazole rings is 1. The molecule has 0 bridgehead atoms. The lowest BCUT2D eigenvalue weighted by Gasteiger charge is -2.11. The van der Waals surface area contributed by atoms with Crippen LogP contribution in [0.2, 0.25) is 0 Å². The molecule has 1 heterocycles. The fraction of sp³-hybridized carbons (Fsp3) is 0.636. The van der Waals surface area contributed by atoms with Crippen molar-refractivity contribution in [1.82, 2.24) is 9.55 Å². The number of ether oxygens (including phenoxy) is 1. The highest BCUT2D eigenvalue weighted by Gasteiger charge is 2.09. The zero-order valence-electron chi connectivity index (χ0n) is 10.3. The third-order valence-electron chi connectivity index (χ3n) is 2.11. The van der Waals surface area contributed by atoms with Crippen molar-refractivity contribution in [1.29, 1.82) is 0 Å². The van der Waals surface area contributed by atoms with E-state index >= 15 is 0 Å². The molecule has 0 spiro atoms. The van der Waals surface area contributed by atoms with Gasteiger partial charge in [-0.25, -0.2) is 4.98 Å². The molecule has 1 aromatic rings. The Bertz CT molecular complexity index is 377. The van der Waals surface area contributed by atoms with Crippen molar-refractivity contribution in [3.63, 3.8) is 0 Å². The van der Waals surface area contributed by atoms with E-state index in [1.54, 1.807) is 6.20 Å². The number of carboxylic acid groups (broad SMARTS) is 1. The summed E-state index contributed by atoms with van der Waals surface area (Å²) in [4.78, 5) is 14.7. The zero-order chi connectivity index (χ0) is 12.8. The summed E-state index contributed by atoms with van der Waals surface area (Å²) in [6, 6.07) is 0. The Hall–Kier alpha value is -1.01. The molecule has 17 heavy (non-hydrogen) atoms. The first-order chi connectivity index (χ1) is 8.00. The van der Waals surface area contributed by atoms with E-state index in [1.165, 1.54) is 11.8 Å². The summed E-state index contributed by atoms with van der Waals surface area (Å²) in [5.74, 6) is -0.803. The molecule has 0 aromatic carbocycles. The van der Waals surface area contributed by atoms with Gasteiger partial charge in [0, 0.05) is 18.4 Å². The lowest BCUT2D eigenvalue weighted by Crippen LogP contribution is -2.12. The maximum absolute atomic E-state index is 10.5. The highest BCUT2D eigenvalue weighted by atomic mass is 32.2. The minimum Gasteiger partial charge on any atom is -0.481 e. The molecule has 0 aliphatic rings. The average molecular weight is 258 g/mol. The fourth-order valence-corrected chi connectivity index (χ4v) is 2.10. The predicted molar refractivity (Wildman–Crippen MR) is 66.4 cm³/mol. The van der Waals surface area contributed by atoms with Crippen LogP contribution in [0, 0.1) is 6.92 Å². The van der Waals surface area contributed by atoms with E-state index in [0.29, 0.717) is 13.2 Å². The Morgan fingerprint density at radius 2 is 2.35 bits per heavy atom. The van der Waals surface area contributed by atoms with Gasteiger partial charge < -0.3 is 14.4 Å². The van der Waals surface area contributed by atoms with Crippen LogP contribution in [-0.2, 0) is 16.1 Å². The summed E-state index contributed by atoms with van der Waals surface area (Å²) in [6.07, 6.45) is 1.95. The van der Waals surface area contributed by atoms with Gasteiger partial charge in [0.15, 0.2) is 5.16 Å². The number of nitrogens with zero attached hydrogens (tertiary/aromatic N) is 2. The molecule has 6 heteroatoms. The molecular weight excluding hydrogens is 240 g/mol. The second-order valence-electron chi connectivity index (χ2n) is 3.94. The summed E-state index contributed by atoms with van der Waals surface area (Å²) in [5.41, 5.74) is 1.02. The van der Waals surface area contributed by atoms with Gasteiger partial charge in [0.05, 0.1) is 18.5 Å². The van der Waals surface area contributed by atoms with Crippen LogP contribution in [0.4, 0.5) is 0 Å². The predicted octanol–water partition coefficient (Wildman–Crippen LogP) is 1.79. The van der Waals surface area contributed by atoms with Gasteiger partial charge in [-0.3, -0.25) is 4.79 Å². The first-order valence-electron chi connectivity index (χ1n) is 5.49. The molecular formula is C11H18N2O3S. The topological polar surface area (TPSA) is 64.3 Å². The molecule has 0 radical (unpaired) electrons. The monoisotopic (exact) mass is 258 g/mol. The van der Waals surface area contributed by atoms with Gasteiger partial charge in [-0.15, -0.1) is 0 Å². The highest BCUT2D eigenvalue weighted by Crippen LogP contribution is 2.17. The van der Waals surface area contributed by atoms with E-state index in [2.05, 4.69) is 4.98 Å². The minimum atomic E-state index is -0.833. The van der Waals surface area contributed by atoms with Crippen LogP contribution in [0.25, 0.3) is 0 Å². The van der Waals surface area contributed by atoms with Crippen LogP contribution < -0.4 is 0 Å². The molecule has 0 saturated carbocycles. The number of aliphatic carboxylic acids is 1. The maximum Gasteiger partial charge on any atom is 0.313 e. The molecule has 0 unspecified atom stereocenters. The Balaban J connectivity index is 2.56. The van der Waals surface area contributed by atoms with Gasteiger partial charge >= 0.3 is 5.97 Å². The quantitative estimate of drug-likeness (QED) is 0.755. The lowest BCUT2D eigenvalue weighted by molar-refractivity contribution is -0.133. The summed E-state index contributed by atoms with van der Waals surface area (Å²) >= 11 is 1.23. The van der Waals surface area contributed by atoms with Crippen molar-refractivity contribution in [2.45, 2.75) is 38.6 Å². The second-order valence-corrected chi connectivity index (χ2v) is 4.88. The van der Waals surface area contributed by atoms with Crippen molar-refractivity contribution in [2.24, 2.45) is 0 Å². The summed E-state index contributed by atoms with van der Waals surface area (Å²) < 4.78 is 7.46. The van der Waals surface area contributed by atoms with E-state index in [0.717, 1.165) is 10.9 Å². The normalized spacial score (nSPS) is 11.1. The number of hydrogen-bond donors (Lipinski definition) is 1. The number of carbonyl (C=O) groups is 1. The highest BCUT2D eigenvalue weighted by molar-refractivity contribution is 7.99. The molecule has 0 atom stereocenters. The Labute approximate surface area is 105 Å². The fourth-order valence-electron chi connectivity index (χ4n) is 1.33. The molecule has 0 amide bonds. The van der Waals surface area contributed by atoms with E-state index < -0.39 is 5.97 Å². The van der Waals surface area contributed by atoms with Gasteiger partial charge in [-0.2, -0.15) is 0 Å². The number of aryl methyl sites for hydroxylation is 1. The first-order valence-corrected chi connectivity index (χ1v) is 6.47. The number of thioether (sulfide) groups is 1. The zero-order valence-corrected chi connectivity index (χ0v) is 11.2. The van der Waals surface area contributed by atoms with Gasteiger partial charge in [0.1, 0.15) is 0 Å². The molecule has 0 fully saturated rings. The molecule has 1 rings (SSSR count). The SMILES string of the molecule is Cc1cnc(SCC(=O)O)n1CCOC(C)C. The second kappa shape index (κ2) is 6.66. The molecule has 96 valence electrons. The van der Waals surface area contributed by atoms with E-state index in [9.17, 15) is 4.79 Å². The van der Waals surface area contributed by atoms with Gasteiger partial charge in [0.25, 0.3) is 0 Å². The molecule has 5 nitrogen and oxygen atoms in total. The summed E-state index contributed by atoms with van der Waals surface area (Å²) in [7, 11) is 0. The number of hydrogen-bond acceptors (Lipinski definition) is 4. The summed E-state index contributed by atoms with van der Waals surface area (Å²) in [5, 5.41) is 9.37. The summed E-state index contributed by atoms with van der Waals surface area (Å²) in [6.45, 7) is 7.23. The van der Waals surface area contributed by atoms with Crippen molar-refractivity contribution in [3.8, 4) is 0 Å². The van der Waals surface area contributed by atoms with Crippen molar-refractivity contribution < 1.29 is 14.6 Å². The smallest absolute Gasteiger partial charge is 0.313 e. The van der Waals surface area contributed by atoms with Gasteiger partial charge in [-0.05, 0) is 20.8 Å². The molecule has 1 aromatic heterocycles. The lowest BCUT2D eigenvalue weighted by atomic mass is 10.5. The van der Waals surface area contributed by atoms with Crippen LogP contribution in [-0.4, -0.2) is 39.1 Å². The third kappa shape index (κ3) is 4.79. The van der Waals surface area contributed by atoms with E-state index in [4.69, 9.17) is 9.84 Å². The maximum atomic E-state index is 10.5. The largest absolute Gasteiger partial charge is 0.481 e. The molecule has 0 aliphatic heterocycles. The minimum absolute atomic E-state index is 0.0293. The van der Waals surface area contributed by atoms with Crippen molar-refractivity contribution in [2.75, 3.05) is 12.4 Å². The van der Waals surface area contributed by atoms with E-state index in [1.807, 2.05) is 25.3 Å².